The standard InChI is InChI=1S/C13H8FNO/c14-15-8-9-4-1-2-5-10(9)13-11(15)6-3-7-12(13)16/h1-8H. The summed E-state index contributed by atoms with van der Waals surface area (Å²) >= 11 is 0. The van der Waals surface area contributed by atoms with E-state index in [1.165, 1.54) is 12.3 Å². The number of benzene rings is 2. The second kappa shape index (κ2) is 3.17. The van der Waals surface area contributed by atoms with E-state index in [0.717, 1.165) is 10.8 Å². The van der Waals surface area contributed by atoms with E-state index in [4.69, 9.17) is 0 Å². The Morgan fingerprint density at radius 2 is 1.81 bits per heavy atom. The van der Waals surface area contributed by atoms with Gasteiger partial charge in [-0.3, -0.25) is 4.79 Å². The maximum Gasteiger partial charge on any atom is 0.188 e. The molecular formula is C13H8FNO. The predicted octanol–water partition coefficient (Wildman–Crippen LogP) is 2.84. The van der Waals surface area contributed by atoms with Gasteiger partial charge in [0, 0.05) is 11.6 Å². The van der Waals surface area contributed by atoms with Gasteiger partial charge < -0.3 is 0 Å². The third-order valence-corrected chi connectivity index (χ3v) is 2.72. The molecule has 2 aliphatic rings. The zero-order valence-corrected chi connectivity index (χ0v) is 8.35. The van der Waals surface area contributed by atoms with Crippen LogP contribution in [0, 0.1) is 0 Å². The van der Waals surface area contributed by atoms with Crippen LogP contribution in [-0.4, -0.2) is 4.79 Å². The van der Waals surface area contributed by atoms with Crippen molar-refractivity contribution in [3.05, 3.63) is 58.9 Å². The van der Waals surface area contributed by atoms with Crippen molar-refractivity contribution in [2.24, 2.45) is 0 Å². The summed E-state index contributed by atoms with van der Waals surface area (Å²) < 4.78 is 13.7. The van der Waals surface area contributed by atoms with Crippen molar-refractivity contribution < 1.29 is 4.48 Å². The van der Waals surface area contributed by atoms with Gasteiger partial charge in [0.05, 0.1) is 11.3 Å². The minimum Gasteiger partial charge on any atom is -0.289 e. The Labute approximate surface area is 90.8 Å². The third-order valence-electron chi connectivity index (χ3n) is 2.72. The van der Waals surface area contributed by atoms with E-state index in [1.807, 2.05) is 18.2 Å². The average Bonchev–Trinajstić information content (AvgIpc) is 2.30. The molecule has 3 rings (SSSR count). The Morgan fingerprint density at radius 3 is 2.69 bits per heavy atom. The van der Waals surface area contributed by atoms with Crippen molar-refractivity contribution in [1.82, 2.24) is 4.79 Å². The van der Waals surface area contributed by atoms with Crippen molar-refractivity contribution in [2.45, 2.75) is 0 Å². The minimum absolute atomic E-state index is 0.152. The van der Waals surface area contributed by atoms with Crippen LogP contribution in [0.15, 0.2) is 53.5 Å². The fourth-order valence-electron chi connectivity index (χ4n) is 2.00. The van der Waals surface area contributed by atoms with Crippen molar-refractivity contribution >= 4 is 10.8 Å². The van der Waals surface area contributed by atoms with E-state index < -0.39 is 0 Å². The van der Waals surface area contributed by atoms with Crippen LogP contribution in [0.4, 0.5) is 4.48 Å². The van der Waals surface area contributed by atoms with Crippen molar-refractivity contribution in [3.63, 3.8) is 0 Å². The maximum absolute atomic E-state index is 13.7. The lowest BCUT2D eigenvalue weighted by atomic mass is 10.0. The summed E-state index contributed by atoms with van der Waals surface area (Å²) in [4.78, 5) is 12.3. The minimum atomic E-state index is -0.152. The second-order valence-corrected chi connectivity index (χ2v) is 3.68. The summed E-state index contributed by atoms with van der Waals surface area (Å²) in [6.07, 6.45) is 1.39. The second-order valence-electron chi connectivity index (χ2n) is 3.68. The summed E-state index contributed by atoms with van der Waals surface area (Å²) in [5.41, 5.74) is 0.593. The van der Waals surface area contributed by atoms with Crippen molar-refractivity contribution in [3.8, 4) is 11.3 Å². The SMILES string of the molecule is O=c1cccc2n(F)cc3ccccc3c1-2. The quantitative estimate of drug-likeness (QED) is 0.526. The Bertz CT molecular complexity index is 702. The summed E-state index contributed by atoms with van der Waals surface area (Å²) in [6, 6.07) is 11.9. The number of nitrogens with zero attached hydrogens (tertiary/aromatic N) is 1. The van der Waals surface area contributed by atoms with Gasteiger partial charge in [-0.05, 0) is 17.5 Å². The lowest BCUT2D eigenvalue weighted by molar-refractivity contribution is 0.374. The highest BCUT2D eigenvalue weighted by atomic mass is 19.2. The molecule has 0 unspecified atom stereocenters. The number of hydrogen-bond acceptors (Lipinski definition) is 1. The van der Waals surface area contributed by atoms with Crippen LogP contribution in [0.5, 0.6) is 0 Å². The van der Waals surface area contributed by atoms with E-state index >= 15 is 0 Å². The summed E-state index contributed by atoms with van der Waals surface area (Å²) in [7, 11) is 0. The molecule has 0 aromatic heterocycles. The van der Waals surface area contributed by atoms with Crippen LogP contribution in [0.2, 0.25) is 0 Å². The molecule has 1 heterocycles. The highest BCUT2D eigenvalue weighted by Crippen LogP contribution is 2.27. The van der Waals surface area contributed by atoms with Crippen LogP contribution >= 0.6 is 0 Å². The molecule has 0 N–H and O–H groups in total. The third kappa shape index (κ3) is 1.15. The normalized spacial score (nSPS) is 11.1. The van der Waals surface area contributed by atoms with Crippen LogP contribution in [0.3, 0.4) is 0 Å². The molecule has 3 heteroatoms. The van der Waals surface area contributed by atoms with Crippen molar-refractivity contribution in [2.75, 3.05) is 0 Å². The predicted molar refractivity (Wildman–Crippen MR) is 61.3 cm³/mol. The first-order valence-corrected chi connectivity index (χ1v) is 4.97. The fraction of sp³-hybridized carbons (Fsp3) is 0. The smallest absolute Gasteiger partial charge is 0.188 e. The molecule has 0 radical (unpaired) electrons. The first-order valence-electron chi connectivity index (χ1n) is 4.97. The molecule has 16 heavy (non-hydrogen) atoms. The van der Waals surface area contributed by atoms with Crippen LogP contribution in [0.1, 0.15) is 0 Å². The highest BCUT2D eigenvalue weighted by Gasteiger charge is 2.13. The van der Waals surface area contributed by atoms with Gasteiger partial charge in [0.2, 0.25) is 0 Å². The Balaban J connectivity index is 2.66. The molecule has 0 fully saturated rings. The van der Waals surface area contributed by atoms with Gasteiger partial charge in [0.15, 0.2) is 5.43 Å². The molecule has 1 aromatic carbocycles. The summed E-state index contributed by atoms with van der Waals surface area (Å²) in [6.45, 7) is 0. The van der Waals surface area contributed by atoms with Crippen LogP contribution in [-0.2, 0) is 0 Å². The number of aromatic nitrogens is 1. The molecule has 1 aliphatic heterocycles. The maximum atomic E-state index is 13.7. The van der Waals surface area contributed by atoms with Crippen LogP contribution in [0.25, 0.3) is 22.0 Å². The van der Waals surface area contributed by atoms with Gasteiger partial charge in [-0.1, -0.05) is 34.8 Å². The van der Waals surface area contributed by atoms with E-state index in [9.17, 15) is 9.28 Å². The Morgan fingerprint density at radius 1 is 1.00 bits per heavy atom. The van der Waals surface area contributed by atoms with E-state index in [0.29, 0.717) is 16.0 Å². The summed E-state index contributed by atoms with van der Waals surface area (Å²) in [5.74, 6) is 0. The Kier molecular flexibility index (Phi) is 1.80. The Hall–Kier alpha value is -2.16. The zero-order chi connectivity index (χ0) is 11.1. The van der Waals surface area contributed by atoms with Gasteiger partial charge >= 0.3 is 0 Å². The highest BCUT2D eigenvalue weighted by molar-refractivity contribution is 5.96. The van der Waals surface area contributed by atoms with Gasteiger partial charge in [-0.15, -0.1) is 0 Å². The lowest BCUT2D eigenvalue weighted by Crippen LogP contribution is -2.08. The van der Waals surface area contributed by atoms with Gasteiger partial charge in [-0.2, -0.15) is 4.79 Å². The monoisotopic (exact) mass is 213 g/mol. The molecule has 0 saturated heterocycles. The molecule has 0 bridgehead atoms. The number of rotatable bonds is 0. The lowest BCUT2D eigenvalue weighted by Gasteiger charge is -2.10. The molecule has 0 saturated carbocycles. The summed E-state index contributed by atoms with van der Waals surface area (Å²) in [5, 5.41) is 1.51. The number of pyridine rings is 1. The average molecular weight is 213 g/mol. The largest absolute Gasteiger partial charge is 0.289 e. The van der Waals surface area contributed by atoms with E-state index in [2.05, 4.69) is 0 Å². The molecule has 1 aliphatic carbocycles. The van der Waals surface area contributed by atoms with E-state index in [-0.39, 0.29) is 5.43 Å². The molecule has 78 valence electrons. The molecule has 0 atom stereocenters. The molecule has 0 amide bonds. The topological polar surface area (TPSA) is 22.0 Å². The molecule has 1 aromatic rings. The molecule has 0 spiro atoms. The number of fused-ring (bicyclic) bond motifs is 3. The number of hydrogen-bond donors (Lipinski definition) is 0. The van der Waals surface area contributed by atoms with Crippen molar-refractivity contribution in [1.29, 1.82) is 0 Å². The first-order chi connectivity index (χ1) is 7.77. The van der Waals surface area contributed by atoms with E-state index in [1.54, 1.807) is 18.2 Å². The zero-order valence-electron chi connectivity index (χ0n) is 8.35. The number of halogens is 1. The van der Waals surface area contributed by atoms with Crippen LogP contribution < -0.4 is 5.43 Å². The van der Waals surface area contributed by atoms with Gasteiger partial charge in [0.25, 0.3) is 0 Å². The first kappa shape index (κ1) is 9.09. The molecular weight excluding hydrogens is 205 g/mol. The molecule has 2 nitrogen and oxygen atoms in total. The van der Waals surface area contributed by atoms with Gasteiger partial charge in [0.1, 0.15) is 0 Å². The van der Waals surface area contributed by atoms with Gasteiger partial charge in [-0.25, -0.2) is 0 Å². The fourth-order valence-corrected chi connectivity index (χ4v) is 2.00.